The molecule has 0 saturated carbocycles. The number of urea groups is 1. The van der Waals surface area contributed by atoms with Crippen LogP contribution in [-0.4, -0.2) is 68.4 Å². The van der Waals surface area contributed by atoms with Gasteiger partial charge in [0.2, 0.25) is 15.9 Å². The summed E-state index contributed by atoms with van der Waals surface area (Å²) in [5.74, 6) is 0.319. The second-order valence-electron chi connectivity index (χ2n) is 5.86. The number of hydrogen-bond donors (Lipinski definition) is 2. The predicted octanol–water partition coefficient (Wildman–Crippen LogP) is -0.0250. The van der Waals surface area contributed by atoms with Crippen LogP contribution in [0.5, 0.6) is 5.75 Å². The molecule has 26 heavy (non-hydrogen) atoms. The van der Waals surface area contributed by atoms with Crippen molar-refractivity contribution in [3.8, 4) is 5.75 Å². The molecule has 2 rings (SSSR count). The number of nitrogens with zero attached hydrogens (tertiary/aromatic N) is 2. The van der Waals surface area contributed by atoms with E-state index in [0.29, 0.717) is 12.4 Å². The summed E-state index contributed by atoms with van der Waals surface area (Å²) in [6.45, 7) is 4.77. The minimum atomic E-state index is -3.63. The molecule has 0 bridgehead atoms. The van der Waals surface area contributed by atoms with Crippen LogP contribution in [0.25, 0.3) is 0 Å². The van der Waals surface area contributed by atoms with Crippen LogP contribution >= 0.6 is 0 Å². The zero-order valence-electron chi connectivity index (χ0n) is 14.8. The smallest absolute Gasteiger partial charge is 0.312 e. The molecular weight excluding hydrogens is 360 g/mol. The number of primary amides is 1. The van der Waals surface area contributed by atoms with Gasteiger partial charge in [0, 0.05) is 26.2 Å². The zero-order valence-corrected chi connectivity index (χ0v) is 15.7. The van der Waals surface area contributed by atoms with E-state index in [1.165, 1.54) is 28.3 Å². The van der Waals surface area contributed by atoms with E-state index in [2.05, 4.69) is 5.32 Å². The highest BCUT2D eigenvalue weighted by Crippen LogP contribution is 2.21. The number of rotatable bonds is 6. The number of ether oxygens (including phenoxy) is 1. The molecule has 10 heteroatoms. The van der Waals surface area contributed by atoms with Crippen molar-refractivity contribution in [2.24, 2.45) is 5.73 Å². The molecule has 0 radical (unpaired) electrons. The van der Waals surface area contributed by atoms with Crippen LogP contribution in [0.15, 0.2) is 29.2 Å². The molecule has 1 aromatic rings. The topological polar surface area (TPSA) is 122 Å². The fourth-order valence-corrected chi connectivity index (χ4v) is 4.14. The van der Waals surface area contributed by atoms with Crippen molar-refractivity contribution < 1.29 is 22.7 Å². The Labute approximate surface area is 153 Å². The van der Waals surface area contributed by atoms with Crippen molar-refractivity contribution in [1.29, 1.82) is 0 Å². The van der Waals surface area contributed by atoms with Gasteiger partial charge in [0.25, 0.3) is 0 Å². The van der Waals surface area contributed by atoms with E-state index >= 15 is 0 Å². The highest BCUT2D eigenvalue weighted by molar-refractivity contribution is 7.89. The van der Waals surface area contributed by atoms with Crippen LogP contribution in [-0.2, 0) is 14.8 Å². The molecule has 1 aliphatic heterocycles. The van der Waals surface area contributed by atoms with Crippen molar-refractivity contribution in [1.82, 2.24) is 14.5 Å². The summed E-state index contributed by atoms with van der Waals surface area (Å²) < 4.78 is 32.1. The Morgan fingerprint density at radius 3 is 2.27 bits per heavy atom. The SMILES string of the molecule is CCOc1ccc(S(=O)(=O)N2CCN(C(=O)[C@H](C)NC(N)=O)CC2)cc1. The maximum atomic E-state index is 12.7. The van der Waals surface area contributed by atoms with Crippen LogP contribution in [0.1, 0.15) is 13.8 Å². The summed E-state index contributed by atoms with van der Waals surface area (Å²) in [5, 5.41) is 2.33. The lowest BCUT2D eigenvalue weighted by Crippen LogP contribution is -2.55. The normalized spacial score (nSPS) is 16.8. The number of carbonyl (C=O) groups is 2. The molecule has 1 atom stereocenters. The van der Waals surface area contributed by atoms with Crippen molar-refractivity contribution in [2.75, 3.05) is 32.8 Å². The van der Waals surface area contributed by atoms with E-state index in [1.54, 1.807) is 12.1 Å². The molecule has 0 aliphatic carbocycles. The Bertz CT molecular complexity index is 742. The average molecular weight is 384 g/mol. The van der Waals surface area contributed by atoms with Gasteiger partial charge in [0.1, 0.15) is 11.8 Å². The van der Waals surface area contributed by atoms with Crippen LogP contribution in [0.2, 0.25) is 0 Å². The van der Waals surface area contributed by atoms with E-state index in [-0.39, 0.29) is 37.0 Å². The lowest BCUT2D eigenvalue weighted by Gasteiger charge is -2.35. The van der Waals surface area contributed by atoms with Gasteiger partial charge in [0.15, 0.2) is 0 Å². The van der Waals surface area contributed by atoms with Crippen molar-refractivity contribution >= 4 is 22.0 Å². The third-order valence-electron chi connectivity index (χ3n) is 4.05. The summed E-state index contributed by atoms with van der Waals surface area (Å²) in [4.78, 5) is 24.8. The number of hydrogen-bond acceptors (Lipinski definition) is 5. The first kappa shape index (κ1) is 20.0. The van der Waals surface area contributed by atoms with Crippen molar-refractivity contribution in [2.45, 2.75) is 24.8 Å². The lowest BCUT2D eigenvalue weighted by molar-refractivity contribution is -0.133. The number of carbonyl (C=O) groups excluding carboxylic acids is 2. The lowest BCUT2D eigenvalue weighted by atomic mass is 10.2. The minimum absolute atomic E-state index is 0.185. The van der Waals surface area contributed by atoms with Crippen LogP contribution < -0.4 is 15.8 Å². The molecule has 0 unspecified atom stereocenters. The Hall–Kier alpha value is -2.33. The van der Waals surface area contributed by atoms with Gasteiger partial charge in [-0.2, -0.15) is 4.31 Å². The standard InChI is InChI=1S/C16H24N4O5S/c1-3-25-13-4-6-14(7-5-13)26(23,24)20-10-8-19(9-11-20)15(21)12(2)18-16(17)22/h4-7,12H,3,8-11H2,1-2H3,(H3,17,18,22)/t12-/m0/s1. The molecule has 1 heterocycles. The second-order valence-corrected chi connectivity index (χ2v) is 7.80. The number of sulfonamides is 1. The van der Waals surface area contributed by atoms with Crippen LogP contribution in [0.4, 0.5) is 4.79 Å². The van der Waals surface area contributed by atoms with Gasteiger partial charge in [-0.25, -0.2) is 13.2 Å². The van der Waals surface area contributed by atoms with Gasteiger partial charge in [-0.3, -0.25) is 4.79 Å². The monoisotopic (exact) mass is 384 g/mol. The first-order valence-electron chi connectivity index (χ1n) is 8.33. The molecule has 3 N–H and O–H groups in total. The molecule has 9 nitrogen and oxygen atoms in total. The minimum Gasteiger partial charge on any atom is -0.494 e. The van der Waals surface area contributed by atoms with E-state index in [4.69, 9.17) is 10.5 Å². The fourth-order valence-electron chi connectivity index (χ4n) is 2.72. The molecule has 1 fully saturated rings. The number of benzene rings is 1. The van der Waals surface area contributed by atoms with Crippen molar-refractivity contribution in [3.63, 3.8) is 0 Å². The third-order valence-corrected chi connectivity index (χ3v) is 5.96. The summed E-state index contributed by atoms with van der Waals surface area (Å²) in [7, 11) is -3.63. The molecule has 1 aromatic carbocycles. The Balaban J connectivity index is 1.99. The molecule has 1 saturated heterocycles. The molecule has 144 valence electrons. The molecule has 3 amide bonds. The maximum Gasteiger partial charge on any atom is 0.312 e. The first-order valence-corrected chi connectivity index (χ1v) is 9.77. The number of nitrogens with one attached hydrogen (secondary N) is 1. The van der Waals surface area contributed by atoms with E-state index in [1.807, 2.05) is 6.92 Å². The van der Waals surface area contributed by atoms with E-state index < -0.39 is 22.1 Å². The van der Waals surface area contributed by atoms with Gasteiger partial charge in [-0.05, 0) is 38.1 Å². The number of amides is 3. The number of nitrogens with two attached hydrogens (primary N) is 1. The third kappa shape index (κ3) is 4.64. The Morgan fingerprint density at radius 2 is 1.77 bits per heavy atom. The van der Waals surface area contributed by atoms with Crippen molar-refractivity contribution in [3.05, 3.63) is 24.3 Å². The fraction of sp³-hybridized carbons (Fsp3) is 0.500. The van der Waals surface area contributed by atoms with Gasteiger partial charge >= 0.3 is 6.03 Å². The van der Waals surface area contributed by atoms with E-state index in [0.717, 1.165) is 0 Å². The number of piperazine rings is 1. The Kier molecular flexibility index (Phi) is 6.43. The first-order chi connectivity index (χ1) is 12.3. The largest absolute Gasteiger partial charge is 0.494 e. The zero-order chi connectivity index (χ0) is 19.3. The quantitative estimate of drug-likeness (QED) is 0.713. The van der Waals surface area contributed by atoms with Gasteiger partial charge in [-0.1, -0.05) is 0 Å². The predicted molar refractivity (Wildman–Crippen MR) is 95.1 cm³/mol. The molecular formula is C16H24N4O5S. The Morgan fingerprint density at radius 1 is 1.19 bits per heavy atom. The van der Waals surface area contributed by atoms with Gasteiger partial charge in [0.05, 0.1) is 11.5 Å². The van der Waals surface area contributed by atoms with Gasteiger partial charge in [-0.15, -0.1) is 0 Å². The second kappa shape index (κ2) is 8.37. The highest BCUT2D eigenvalue weighted by atomic mass is 32.2. The average Bonchev–Trinajstić information content (AvgIpc) is 2.61. The summed E-state index contributed by atoms with van der Waals surface area (Å²) >= 11 is 0. The van der Waals surface area contributed by atoms with E-state index in [9.17, 15) is 18.0 Å². The summed E-state index contributed by atoms with van der Waals surface area (Å²) in [6.07, 6.45) is 0. The van der Waals surface area contributed by atoms with Gasteiger partial charge < -0.3 is 20.7 Å². The maximum absolute atomic E-state index is 12.7. The van der Waals surface area contributed by atoms with Crippen LogP contribution in [0.3, 0.4) is 0 Å². The summed E-state index contributed by atoms with van der Waals surface area (Å²) in [6, 6.07) is 4.73. The highest BCUT2D eigenvalue weighted by Gasteiger charge is 2.31. The van der Waals surface area contributed by atoms with Crippen LogP contribution in [0, 0.1) is 0 Å². The molecule has 0 spiro atoms. The summed E-state index contributed by atoms with van der Waals surface area (Å²) in [5.41, 5.74) is 5.02. The molecule has 0 aromatic heterocycles. The molecule has 1 aliphatic rings.